The van der Waals surface area contributed by atoms with E-state index in [1.54, 1.807) is 4.68 Å². The summed E-state index contributed by atoms with van der Waals surface area (Å²) in [6.07, 6.45) is 9.20. The largest absolute Gasteiger partial charge is 0.387 e. The molecular weight excluding hydrogens is 250 g/mol. The summed E-state index contributed by atoms with van der Waals surface area (Å²) in [5.41, 5.74) is 1.13. The Labute approximate surface area is 121 Å². The molecule has 1 unspecified atom stereocenters. The number of nitrogens with zero attached hydrogens (tertiary/aromatic N) is 3. The van der Waals surface area contributed by atoms with Crippen molar-refractivity contribution < 1.29 is 5.11 Å². The third kappa shape index (κ3) is 2.88. The molecule has 0 spiro atoms. The van der Waals surface area contributed by atoms with Crippen molar-refractivity contribution in [1.29, 1.82) is 5.26 Å². The molecule has 1 aromatic heterocycles. The van der Waals surface area contributed by atoms with E-state index in [1.807, 2.05) is 20.2 Å². The van der Waals surface area contributed by atoms with E-state index in [0.29, 0.717) is 0 Å². The highest BCUT2D eigenvalue weighted by atomic mass is 16.3. The standard InChI is InChI=1S/C16H25N3O/c1-3-14-13(11-19(2)18-14)15(20)16(12-17)9-7-5-4-6-8-10-16/h11,15,20H,3-10H2,1-2H3. The van der Waals surface area contributed by atoms with Gasteiger partial charge in [-0.05, 0) is 19.3 Å². The van der Waals surface area contributed by atoms with E-state index in [4.69, 9.17) is 0 Å². The fraction of sp³-hybridized carbons (Fsp3) is 0.750. The second-order valence-corrected chi connectivity index (χ2v) is 6.00. The lowest BCUT2D eigenvalue weighted by molar-refractivity contribution is 0.0428. The van der Waals surface area contributed by atoms with E-state index in [9.17, 15) is 10.4 Å². The number of aryl methyl sites for hydroxylation is 2. The molecule has 1 aliphatic rings. The minimum atomic E-state index is -0.714. The molecule has 0 bridgehead atoms. The van der Waals surface area contributed by atoms with Crippen molar-refractivity contribution in [3.05, 3.63) is 17.5 Å². The Morgan fingerprint density at radius 2 is 1.95 bits per heavy atom. The van der Waals surface area contributed by atoms with Gasteiger partial charge < -0.3 is 5.11 Å². The molecule has 1 aliphatic carbocycles. The molecule has 20 heavy (non-hydrogen) atoms. The fourth-order valence-corrected chi connectivity index (χ4v) is 3.34. The molecule has 1 aromatic rings. The Hall–Kier alpha value is -1.34. The van der Waals surface area contributed by atoms with Crippen LogP contribution in [0.4, 0.5) is 0 Å². The molecule has 1 N–H and O–H groups in total. The van der Waals surface area contributed by atoms with Gasteiger partial charge in [-0.25, -0.2) is 0 Å². The Bertz CT molecular complexity index is 478. The van der Waals surface area contributed by atoms with Gasteiger partial charge in [0.05, 0.1) is 17.2 Å². The van der Waals surface area contributed by atoms with Gasteiger partial charge in [-0.2, -0.15) is 10.4 Å². The zero-order valence-corrected chi connectivity index (χ0v) is 12.6. The summed E-state index contributed by atoms with van der Waals surface area (Å²) in [6, 6.07) is 2.46. The van der Waals surface area contributed by atoms with Crippen LogP contribution in [0.3, 0.4) is 0 Å². The topological polar surface area (TPSA) is 61.8 Å². The van der Waals surface area contributed by atoms with Crippen molar-refractivity contribution in [2.24, 2.45) is 12.5 Å². The summed E-state index contributed by atoms with van der Waals surface area (Å²) < 4.78 is 1.74. The van der Waals surface area contributed by atoms with Crippen LogP contribution < -0.4 is 0 Å². The van der Waals surface area contributed by atoms with Crippen LogP contribution in [0.15, 0.2) is 6.20 Å². The zero-order valence-electron chi connectivity index (χ0n) is 12.6. The molecule has 4 nitrogen and oxygen atoms in total. The van der Waals surface area contributed by atoms with Gasteiger partial charge in [0, 0.05) is 18.8 Å². The second-order valence-electron chi connectivity index (χ2n) is 6.00. The highest BCUT2D eigenvalue weighted by Gasteiger charge is 2.40. The zero-order chi connectivity index (χ0) is 14.6. The number of hydrogen-bond donors (Lipinski definition) is 1. The van der Waals surface area contributed by atoms with Crippen LogP contribution in [0.5, 0.6) is 0 Å². The Morgan fingerprint density at radius 1 is 1.35 bits per heavy atom. The van der Waals surface area contributed by atoms with Gasteiger partial charge in [0.25, 0.3) is 0 Å². The summed E-state index contributed by atoms with van der Waals surface area (Å²) in [4.78, 5) is 0. The van der Waals surface area contributed by atoms with Gasteiger partial charge in [0.15, 0.2) is 0 Å². The SMILES string of the molecule is CCc1nn(C)cc1C(O)C1(C#N)CCCCCCC1. The smallest absolute Gasteiger partial charge is 0.101 e. The van der Waals surface area contributed by atoms with Gasteiger partial charge in [0.1, 0.15) is 6.10 Å². The molecule has 1 fully saturated rings. The molecular formula is C16H25N3O. The van der Waals surface area contributed by atoms with E-state index in [2.05, 4.69) is 11.2 Å². The van der Waals surface area contributed by atoms with Crippen molar-refractivity contribution >= 4 is 0 Å². The molecule has 1 saturated carbocycles. The van der Waals surface area contributed by atoms with Crippen LogP contribution in [0.2, 0.25) is 0 Å². The monoisotopic (exact) mass is 275 g/mol. The molecule has 0 amide bonds. The summed E-state index contributed by atoms with van der Waals surface area (Å²) in [7, 11) is 1.87. The second kappa shape index (κ2) is 6.41. The number of aliphatic hydroxyl groups is 1. The lowest BCUT2D eigenvalue weighted by atomic mass is 9.71. The van der Waals surface area contributed by atoms with Crippen LogP contribution in [0.25, 0.3) is 0 Å². The average molecular weight is 275 g/mol. The maximum atomic E-state index is 10.9. The highest BCUT2D eigenvalue weighted by Crippen LogP contribution is 2.44. The number of rotatable bonds is 3. The molecule has 1 heterocycles. The van der Waals surface area contributed by atoms with Gasteiger partial charge in [-0.1, -0.05) is 39.0 Å². The van der Waals surface area contributed by atoms with Crippen LogP contribution in [-0.2, 0) is 13.5 Å². The van der Waals surface area contributed by atoms with E-state index < -0.39 is 11.5 Å². The van der Waals surface area contributed by atoms with Crippen LogP contribution in [0.1, 0.15) is 69.2 Å². The number of aromatic nitrogens is 2. The van der Waals surface area contributed by atoms with E-state index >= 15 is 0 Å². The van der Waals surface area contributed by atoms with Gasteiger partial charge in [-0.15, -0.1) is 0 Å². The van der Waals surface area contributed by atoms with Crippen molar-refractivity contribution in [1.82, 2.24) is 9.78 Å². The molecule has 0 radical (unpaired) electrons. The first-order valence-corrected chi connectivity index (χ1v) is 7.74. The van der Waals surface area contributed by atoms with Crippen LogP contribution in [0, 0.1) is 16.7 Å². The van der Waals surface area contributed by atoms with Gasteiger partial charge >= 0.3 is 0 Å². The lowest BCUT2D eigenvalue weighted by Crippen LogP contribution is -2.29. The first kappa shape index (κ1) is 15.1. The maximum Gasteiger partial charge on any atom is 0.101 e. The van der Waals surface area contributed by atoms with Crippen molar-refractivity contribution in [2.45, 2.75) is 64.4 Å². The Kier molecular flexibility index (Phi) is 4.82. The first-order valence-electron chi connectivity index (χ1n) is 7.74. The van der Waals surface area contributed by atoms with Crippen molar-refractivity contribution in [2.75, 3.05) is 0 Å². The predicted octanol–water partition coefficient (Wildman–Crippen LogP) is 3.27. The average Bonchev–Trinajstić information content (AvgIpc) is 2.80. The minimum absolute atomic E-state index is 0.632. The summed E-state index contributed by atoms with van der Waals surface area (Å²) >= 11 is 0. The third-order valence-corrected chi connectivity index (χ3v) is 4.56. The molecule has 2 rings (SSSR count). The molecule has 110 valence electrons. The lowest BCUT2D eigenvalue weighted by Gasteiger charge is -2.33. The van der Waals surface area contributed by atoms with Gasteiger partial charge in [-0.3, -0.25) is 4.68 Å². The molecule has 1 atom stereocenters. The molecule has 0 saturated heterocycles. The fourth-order valence-electron chi connectivity index (χ4n) is 3.34. The Morgan fingerprint density at radius 3 is 2.50 bits per heavy atom. The van der Waals surface area contributed by atoms with E-state index in [-0.39, 0.29) is 0 Å². The third-order valence-electron chi connectivity index (χ3n) is 4.56. The highest BCUT2D eigenvalue weighted by molar-refractivity contribution is 5.25. The number of aliphatic hydroxyl groups excluding tert-OH is 1. The first-order chi connectivity index (χ1) is 9.63. The number of hydrogen-bond acceptors (Lipinski definition) is 3. The van der Waals surface area contributed by atoms with Crippen LogP contribution >= 0.6 is 0 Å². The normalized spacial score (nSPS) is 20.7. The van der Waals surface area contributed by atoms with Gasteiger partial charge in [0.2, 0.25) is 0 Å². The van der Waals surface area contributed by atoms with Crippen LogP contribution in [-0.4, -0.2) is 14.9 Å². The Balaban J connectivity index is 2.31. The molecule has 4 heteroatoms. The van der Waals surface area contributed by atoms with E-state index in [0.717, 1.165) is 43.4 Å². The molecule has 0 aromatic carbocycles. The van der Waals surface area contributed by atoms with Crippen molar-refractivity contribution in [3.63, 3.8) is 0 Å². The predicted molar refractivity (Wildman–Crippen MR) is 77.9 cm³/mol. The van der Waals surface area contributed by atoms with Crippen molar-refractivity contribution in [3.8, 4) is 6.07 Å². The molecule has 0 aliphatic heterocycles. The van der Waals surface area contributed by atoms with E-state index in [1.165, 1.54) is 19.3 Å². The number of nitriles is 1. The summed E-state index contributed by atoms with van der Waals surface area (Å²) in [6.45, 7) is 2.04. The summed E-state index contributed by atoms with van der Waals surface area (Å²) in [5, 5.41) is 25.0. The summed E-state index contributed by atoms with van der Waals surface area (Å²) in [5.74, 6) is 0. The maximum absolute atomic E-state index is 10.9. The minimum Gasteiger partial charge on any atom is -0.387 e. The quantitative estimate of drug-likeness (QED) is 0.921.